The van der Waals surface area contributed by atoms with E-state index in [1.807, 2.05) is 30.3 Å². The van der Waals surface area contributed by atoms with Gasteiger partial charge in [-0.3, -0.25) is 9.36 Å². The highest BCUT2D eigenvalue weighted by Gasteiger charge is 2.20. The van der Waals surface area contributed by atoms with Gasteiger partial charge in [-0.1, -0.05) is 18.2 Å². The van der Waals surface area contributed by atoms with Crippen LogP contribution in [0.25, 0.3) is 0 Å². The van der Waals surface area contributed by atoms with E-state index in [0.29, 0.717) is 12.3 Å². The molecule has 0 saturated carbocycles. The van der Waals surface area contributed by atoms with Crippen molar-refractivity contribution in [2.24, 2.45) is 0 Å². The van der Waals surface area contributed by atoms with E-state index in [2.05, 4.69) is 10.4 Å². The number of ether oxygens (including phenoxy) is 1. The van der Waals surface area contributed by atoms with E-state index in [1.54, 1.807) is 20.8 Å². The number of carboxylic acid groups (broad SMARTS) is 1. The maximum atomic E-state index is 12.7. The molecule has 0 radical (unpaired) electrons. The van der Waals surface area contributed by atoms with Crippen molar-refractivity contribution in [3.8, 4) is 0 Å². The van der Waals surface area contributed by atoms with Crippen molar-refractivity contribution in [2.45, 2.75) is 44.2 Å². The van der Waals surface area contributed by atoms with Crippen LogP contribution in [-0.4, -0.2) is 41.1 Å². The second kappa shape index (κ2) is 9.85. The van der Waals surface area contributed by atoms with Crippen LogP contribution in [0.1, 0.15) is 27.7 Å². The molecule has 142 valence electrons. The summed E-state index contributed by atoms with van der Waals surface area (Å²) in [7, 11) is -3.50. The van der Waals surface area contributed by atoms with Gasteiger partial charge in [-0.05, 0) is 44.7 Å². The second-order valence-corrected chi connectivity index (χ2v) is 12.0. The molecule has 3 N–H and O–H groups in total. The molecule has 0 spiro atoms. The maximum absolute atomic E-state index is 12.7. The number of hydrogen-bond acceptors (Lipinski definition) is 4. The highest BCUT2D eigenvalue weighted by molar-refractivity contribution is 8.62. The second-order valence-electron chi connectivity index (χ2n) is 6.43. The Balaban J connectivity index is 2.71. The lowest BCUT2D eigenvalue weighted by atomic mass is 10.2. The molecule has 0 saturated heterocycles. The number of alkyl carbamates (subject to hydrolysis) is 1. The molecule has 25 heavy (non-hydrogen) atoms. The summed E-state index contributed by atoms with van der Waals surface area (Å²) in [6.45, 7) is 7.09. The maximum Gasteiger partial charge on any atom is 0.407 e. The number of hydrogen-bond donors (Lipinski definition) is 4. The van der Waals surface area contributed by atoms with Crippen LogP contribution in [0.5, 0.6) is 0 Å². The first-order valence-electron chi connectivity index (χ1n) is 7.93. The lowest BCUT2D eigenvalue weighted by Gasteiger charge is -2.24. The summed E-state index contributed by atoms with van der Waals surface area (Å²) < 4.78 is 17.8. The van der Waals surface area contributed by atoms with Crippen molar-refractivity contribution < 1.29 is 24.0 Å². The van der Waals surface area contributed by atoms with Crippen molar-refractivity contribution in [2.75, 3.05) is 12.3 Å². The van der Waals surface area contributed by atoms with Crippen LogP contribution in [-0.2, 0) is 14.1 Å². The molecule has 7 nitrogen and oxygen atoms in total. The Kier molecular flexibility index (Phi) is 8.48. The number of aliphatic carboxylic acids is 1. The van der Waals surface area contributed by atoms with Gasteiger partial charge < -0.3 is 15.2 Å². The zero-order valence-electron chi connectivity index (χ0n) is 14.9. The Hall–Kier alpha value is -1.50. The molecule has 1 amide bonds. The summed E-state index contributed by atoms with van der Waals surface area (Å²) in [5.41, 5.74) is -0.583. The average molecular weight is 390 g/mol. The summed E-state index contributed by atoms with van der Waals surface area (Å²) >= 11 is 0. The van der Waals surface area contributed by atoms with E-state index in [1.165, 1.54) is 6.92 Å². The number of carbonyl (C=O) groups is 2. The molecule has 1 rings (SSSR count). The van der Waals surface area contributed by atoms with E-state index in [-0.39, 0.29) is 0 Å². The first kappa shape index (κ1) is 21.5. The van der Waals surface area contributed by atoms with Crippen molar-refractivity contribution >= 4 is 29.7 Å². The van der Waals surface area contributed by atoms with Gasteiger partial charge in [0.25, 0.3) is 0 Å². The van der Waals surface area contributed by atoms with Gasteiger partial charge in [0.05, 0.1) is 0 Å². The zero-order chi connectivity index (χ0) is 19.0. The molecule has 3 atom stereocenters. The molecule has 9 heteroatoms. The van der Waals surface area contributed by atoms with E-state index >= 15 is 0 Å². The largest absolute Gasteiger partial charge is 0.480 e. The summed E-state index contributed by atoms with van der Waals surface area (Å²) in [6, 6.07) is 8.41. The van der Waals surface area contributed by atoms with Crippen LogP contribution in [0, 0.1) is 0 Å². The summed E-state index contributed by atoms with van der Waals surface area (Å²) in [5, 5.41) is 14.3. The SMILES string of the molecule is C[C@H](N[PH](=O)[SH](CCNC(=O)OC(C)(C)C)c1ccccc1)C(=O)O. The monoisotopic (exact) mass is 390 g/mol. The highest BCUT2D eigenvalue weighted by Crippen LogP contribution is 2.55. The van der Waals surface area contributed by atoms with Crippen LogP contribution in [0.3, 0.4) is 0 Å². The molecule has 2 unspecified atom stereocenters. The minimum absolute atomic E-state index is 0.301. The fourth-order valence-electron chi connectivity index (χ4n) is 1.86. The Morgan fingerprint density at radius 3 is 2.40 bits per heavy atom. The van der Waals surface area contributed by atoms with E-state index in [9.17, 15) is 14.2 Å². The minimum Gasteiger partial charge on any atom is -0.480 e. The number of benzene rings is 1. The summed E-state index contributed by atoms with van der Waals surface area (Å²) in [4.78, 5) is 23.6. The van der Waals surface area contributed by atoms with E-state index in [0.717, 1.165) is 4.90 Å². The first-order chi connectivity index (χ1) is 11.6. The van der Waals surface area contributed by atoms with Gasteiger partial charge in [-0.15, -0.1) is 0 Å². The third-order valence-electron chi connectivity index (χ3n) is 3.03. The number of thiol groups is 1. The third kappa shape index (κ3) is 8.43. The molecule has 0 aromatic heterocycles. The molecule has 0 aliphatic rings. The smallest absolute Gasteiger partial charge is 0.407 e. The zero-order valence-corrected chi connectivity index (χ0v) is 16.8. The van der Waals surface area contributed by atoms with Crippen LogP contribution < -0.4 is 10.4 Å². The summed E-state index contributed by atoms with van der Waals surface area (Å²) in [5.74, 6) is -0.580. The van der Waals surface area contributed by atoms with Gasteiger partial charge in [0, 0.05) is 12.3 Å². The molecular formula is C16H27N2O5PS. The van der Waals surface area contributed by atoms with Gasteiger partial charge in [0.15, 0.2) is 7.15 Å². The highest BCUT2D eigenvalue weighted by atomic mass is 32.8. The number of carboxylic acids is 1. The molecule has 1 aromatic carbocycles. The Morgan fingerprint density at radius 2 is 1.88 bits per heavy atom. The fourth-order valence-corrected chi connectivity index (χ4v) is 7.22. The lowest BCUT2D eigenvalue weighted by molar-refractivity contribution is -0.138. The van der Waals surface area contributed by atoms with Crippen molar-refractivity contribution in [3.63, 3.8) is 0 Å². The number of nitrogens with one attached hydrogen (secondary N) is 2. The number of amides is 1. The van der Waals surface area contributed by atoms with Gasteiger partial charge in [0.1, 0.15) is 11.6 Å². The molecule has 0 aliphatic carbocycles. The molecule has 1 aromatic rings. The molecule has 0 heterocycles. The van der Waals surface area contributed by atoms with Gasteiger partial charge >= 0.3 is 12.1 Å². The third-order valence-corrected chi connectivity index (χ3v) is 9.09. The standard InChI is InChI=1S/C16H27N2O5PS/c1-12(14(19)20)18-24(22)25(13-8-6-5-7-9-13)11-10-17-15(21)23-16(2,3)4/h5-9,12,24-25H,10-11H2,1-4H3,(H,17,21)(H,18,22)(H,19,20)/t12-/m0/s1. The lowest BCUT2D eigenvalue weighted by Crippen LogP contribution is -2.34. The van der Waals surface area contributed by atoms with Crippen molar-refractivity contribution in [1.29, 1.82) is 0 Å². The van der Waals surface area contributed by atoms with Crippen LogP contribution >= 0.6 is 17.7 Å². The van der Waals surface area contributed by atoms with Crippen molar-refractivity contribution in [1.82, 2.24) is 10.4 Å². The predicted octanol–water partition coefficient (Wildman–Crippen LogP) is 3.02. The number of rotatable bonds is 8. The molecular weight excluding hydrogens is 363 g/mol. The minimum atomic E-state index is -2.36. The fraction of sp³-hybridized carbons (Fsp3) is 0.500. The van der Waals surface area contributed by atoms with Crippen LogP contribution in [0.15, 0.2) is 35.2 Å². The average Bonchev–Trinajstić information content (AvgIpc) is 2.50. The number of carbonyl (C=O) groups excluding carboxylic acids is 1. The summed E-state index contributed by atoms with van der Waals surface area (Å²) in [6.07, 6.45) is -0.526. The predicted molar refractivity (Wildman–Crippen MR) is 102 cm³/mol. The quantitative estimate of drug-likeness (QED) is 0.402. The van der Waals surface area contributed by atoms with Gasteiger partial charge in [-0.2, -0.15) is 10.5 Å². The Labute approximate surface area is 151 Å². The molecule has 0 bridgehead atoms. The molecule has 0 fully saturated rings. The van der Waals surface area contributed by atoms with E-state index in [4.69, 9.17) is 9.84 Å². The first-order valence-corrected chi connectivity index (χ1v) is 11.7. The topological polar surface area (TPSA) is 105 Å². The van der Waals surface area contributed by atoms with Crippen molar-refractivity contribution in [3.05, 3.63) is 30.3 Å². The van der Waals surface area contributed by atoms with Gasteiger partial charge in [0.2, 0.25) is 0 Å². The Morgan fingerprint density at radius 1 is 1.28 bits per heavy atom. The van der Waals surface area contributed by atoms with Gasteiger partial charge in [-0.25, -0.2) is 9.88 Å². The van der Waals surface area contributed by atoms with Crippen LogP contribution in [0.4, 0.5) is 4.79 Å². The Bertz CT molecular complexity index is 606. The van der Waals surface area contributed by atoms with Crippen LogP contribution in [0.2, 0.25) is 0 Å². The normalized spacial score (nSPS) is 15.8. The van der Waals surface area contributed by atoms with E-state index < -0.39 is 41.4 Å². The molecule has 0 aliphatic heterocycles.